The normalized spacial score (nSPS) is 22.1. The van der Waals surface area contributed by atoms with Crippen molar-refractivity contribution < 1.29 is 44.1 Å². The summed E-state index contributed by atoms with van der Waals surface area (Å²) in [6.45, 7) is 0. The van der Waals surface area contributed by atoms with Crippen LogP contribution in [0.25, 0.3) is 72.3 Å². The van der Waals surface area contributed by atoms with Crippen LogP contribution in [0.1, 0.15) is 57.8 Å². The van der Waals surface area contributed by atoms with E-state index in [1.165, 1.54) is 44.1 Å². The summed E-state index contributed by atoms with van der Waals surface area (Å²) in [5.74, 6) is 4.15. The SMILES string of the molecule is [2H]c1c([2H])c([2H])c(-c2cccc(-c3c([2H])c([2H])c([2H])c([2H])c3[2H])c2-[n+]2[c-]n(-c3[c-]c(Oc4[c-]c5c(cc4)c4ccccc4n5-c4cc(C56CC7CC(CC(C7)C5)C6)ccn4)ccc3)c3ccccc32)c([2H])c1[2H].[Pt]. The summed E-state index contributed by atoms with van der Waals surface area (Å²) < 4.78 is 99.3. The Morgan fingerprint density at radius 1 is 0.641 bits per heavy atom. The Balaban J connectivity index is 0.00000556. The van der Waals surface area contributed by atoms with Crippen molar-refractivity contribution in [2.24, 2.45) is 17.8 Å². The zero-order valence-electron chi connectivity index (χ0n) is 44.5. The molecule has 314 valence electrons. The molecule has 0 amide bonds. The van der Waals surface area contributed by atoms with Crippen LogP contribution in [0, 0.1) is 36.2 Å². The van der Waals surface area contributed by atoms with Crippen molar-refractivity contribution >= 4 is 32.8 Å². The minimum absolute atomic E-state index is 0. The van der Waals surface area contributed by atoms with Gasteiger partial charge in [0.1, 0.15) is 5.82 Å². The van der Waals surface area contributed by atoms with E-state index in [9.17, 15) is 0 Å². The van der Waals surface area contributed by atoms with Crippen LogP contribution >= 0.6 is 0 Å². The van der Waals surface area contributed by atoms with Crippen molar-refractivity contribution in [2.45, 2.75) is 43.9 Å². The van der Waals surface area contributed by atoms with E-state index in [1.807, 2.05) is 54.7 Å². The van der Waals surface area contributed by atoms with Crippen LogP contribution in [0.3, 0.4) is 0 Å². The second-order valence-electron chi connectivity index (χ2n) is 17.5. The number of pyridine rings is 1. The van der Waals surface area contributed by atoms with E-state index in [-0.39, 0.29) is 54.4 Å². The predicted molar refractivity (Wildman–Crippen MR) is 251 cm³/mol. The topological polar surface area (TPSA) is 35.9 Å². The predicted octanol–water partition coefficient (Wildman–Crippen LogP) is 13.4. The van der Waals surface area contributed by atoms with E-state index in [0.717, 1.165) is 45.4 Å². The third-order valence-electron chi connectivity index (χ3n) is 13.8. The first-order valence-corrected chi connectivity index (χ1v) is 21.6. The van der Waals surface area contributed by atoms with Gasteiger partial charge in [-0.15, -0.1) is 29.7 Å². The Morgan fingerprint density at radius 3 is 2.00 bits per heavy atom. The maximum atomic E-state index is 9.03. The number of para-hydroxylation sites is 4. The van der Waals surface area contributed by atoms with Crippen LogP contribution in [-0.2, 0) is 26.5 Å². The first kappa shape index (κ1) is 29.7. The standard InChI is InChI=1S/C58H44N4O.Pt/c1-3-13-42(14-4-1)48-20-12-21-49(43-15-5-2-6-16-43)57(48)61-38-60(53-23-9-10-24-54(53)61)45-17-11-18-46(33-45)63-47-25-26-51-50-19-7-8-22-52(50)62(55(51)34-47)56-32-44(27-28-59-56)58-35-39-29-40(36-58)31-41(30-39)37-58;/h1-28,32,39-41H,29-31,35-37H2;/q-2;/i1D,2D,3D,4D,5D,6D,13D,14D,15D,16D;. The number of ether oxygens (including phenoxy) is 1. The molecule has 0 saturated heterocycles. The van der Waals surface area contributed by atoms with Gasteiger partial charge < -0.3 is 13.9 Å². The van der Waals surface area contributed by atoms with Gasteiger partial charge in [0.25, 0.3) is 6.33 Å². The van der Waals surface area contributed by atoms with Crippen LogP contribution in [0.15, 0.2) is 176 Å². The van der Waals surface area contributed by atoms with Crippen molar-refractivity contribution in [2.75, 3.05) is 0 Å². The molecule has 4 saturated carbocycles. The Bertz CT molecular complexity index is 3800. The largest absolute Gasteiger partial charge is 0.510 e. The number of hydrogen-bond acceptors (Lipinski definition) is 2. The van der Waals surface area contributed by atoms with Gasteiger partial charge in [0.05, 0.1) is 30.4 Å². The van der Waals surface area contributed by atoms with Gasteiger partial charge in [-0.1, -0.05) is 127 Å². The molecule has 64 heavy (non-hydrogen) atoms. The van der Waals surface area contributed by atoms with Crippen LogP contribution in [0.2, 0.25) is 0 Å². The van der Waals surface area contributed by atoms with Crippen LogP contribution in [-0.4, -0.2) is 14.1 Å². The van der Waals surface area contributed by atoms with Gasteiger partial charge in [-0.3, -0.25) is 4.57 Å². The van der Waals surface area contributed by atoms with E-state index in [4.69, 9.17) is 23.4 Å². The summed E-state index contributed by atoms with van der Waals surface area (Å²) in [5, 5.41) is 2.11. The summed E-state index contributed by atoms with van der Waals surface area (Å²) in [5.41, 5.74) is 5.37. The number of rotatable bonds is 8. The van der Waals surface area contributed by atoms with Gasteiger partial charge in [-0.2, -0.15) is 18.2 Å². The number of aromatic nitrogens is 4. The van der Waals surface area contributed by atoms with Gasteiger partial charge in [-0.05, 0) is 119 Å². The number of hydrogen-bond donors (Lipinski definition) is 0. The Hall–Kier alpha value is -6.55. The monoisotopic (exact) mass is 1020 g/mol. The molecule has 10 aromatic rings. The van der Waals surface area contributed by atoms with Gasteiger partial charge in [0.15, 0.2) is 0 Å². The number of fused-ring (bicyclic) bond motifs is 4. The minimum Gasteiger partial charge on any atom is -0.510 e. The molecule has 0 radical (unpaired) electrons. The van der Waals surface area contributed by atoms with Crippen molar-refractivity contribution in [3.05, 3.63) is 200 Å². The van der Waals surface area contributed by atoms with Gasteiger partial charge in [0.2, 0.25) is 0 Å². The quantitative estimate of drug-likeness (QED) is 0.112. The van der Waals surface area contributed by atoms with Crippen molar-refractivity contribution in [3.8, 4) is 50.9 Å². The second-order valence-corrected chi connectivity index (χ2v) is 17.5. The molecule has 4 aliphatic rings. The molecule has 5 nitrogen and oxygen atoms in total. The zero-order valence-corrected chi connectivity index (χ0v) is 36.7. The van der Waals surface area contributed by atoms with Crippen molar-refractivity contribution in [1.29, 1.82) is 0 Å². The van der Waals surface area contributed by atoms with E-state index in [1.54, 1.807) is 33.4 Å². The maximum Gasteiger partial charge on any atom is 0.268 e. The number of nitrogens with zero attached hydrogens (tertiary/aromatic N) is 4. The fourth-order valence-electron chi connectivity index (χ4n) is 11.6. The van der Waals surface area contributed by atoms with E-state index in [0.29, 0.717) is 28.2 Å². The van der Waals surface area contributed by atoms with Gasteiger partial charge in [-0.25, -0.2) is 4.98 Å². The number of imidazole rings is 1. The van der Waals surface area contributed by atoms with Crippen LogP contribution < -0.4 is 9.30 Å². The van der Waals surface area contributed by atoms with E-state index in [2.05, 4.69) is 59.4 Å². The summed E-state index contributed by atoms with van der Waals surface area (Å²) in [6, 6.07) is 36.3. The zero-order chi connectivity index (χ0) is 50.2. The molecular formula is C58H44N4OPt-2. The average molecular weight is 1020 g/mol. The van der Waals surface area contributed by atoms with Gasteiger partial charge in [0, 0.05) is 44.3 Å². The van der Waals surface area contributed by atoms with Crippen LogP contribution in [0.5, 0.6) is 11.5 Å². The van der Waals surface area contributed by atoms with Crippen LogP contribution in [0.4, 0.5) is 0 Å². The molecule has 0 unspecified atom stereocenters. The van der Waals surface area contributed by atoms with Crippen molar-refractivity contribution in [1.82, 2.24) is 14.1 Å². The summed E-state index contributed by atoms with van der Waals surface area (Å²) >= 11 is 0. The molecule has 4 fully saturated rings. The summed E-state index contributed by atoms with van der Waals surface area (Å²) in [4.78, 5) is 5.00. The average Bonchev–Trinajstić information content (AvgIpc) is 3.94. The van der Waals surface area contributed by atoms with Gasteiger partial charge >= 0.3 is 0 Å². The molecule has 7 aromatic carbocycles. The molecule has 4 aliphatic carbocycles. The first-order valence-electron chi connectivity index (χ1n) is 26.6. The molecular weight excluding hydrogens is 964 g/mol. The molecule has 0 aliphatic heterocycles. The molecule has 14 rings (SSSR count). The number of benzene rings is 7. The maximum absolute atomic E-state index is 9.03. The molecule has 6 heteroatoms. The molecule has 3 aromatic heterocycles. The van der Waals surface area contributed by atoms with Crippen molar-refractivity contribution in [3.63, 3.8) is 0 Å². The Morgan fingerprint density at radius 2 is 1.28 bits per heavy atom. The first-order chi connectivity index (χ1) is 35.3. The minimum atomic E-state index is -0.565. The Labute approximate surface area is 401 Å². The van der Waals surface area contributed by atoms with E-state index < -0.39 is 60.4 Å². The fraction of sp³-hybridized carbons (Fsp3) is 0.172. The molecule has 3 heterocycles. The third-order valence-corrected chi connectivity index (χ3v) is 13.8. The molecule has 0 N–H and O–H groups in total. The molecule has 4 bridgehead atoms. The second kappa shape index (κ2) is 15.6. The smallest absolute Gasteiger partial charge is 0.268 e. The fourth-order valence-corrected chi connectivity index (χ4v) is 11.6. The Kier molecular flexibility index (Phi) is 7.25. The molecule has 0 atom stereocenters. The van der Waals surface area contributed by atoms with E-state index >= 15 is 0 Å². The third kappa shape index (κ3) is 6.47. The summed E-state index contributed by atoms with van der Waals surface area (Å²) in [6.07, 6.45) is 13.3. The molecule has 0 spiro atoms. The summed E-state index contributed by atoms with van der Waals surface area (Å²) in [7, 11) is 0.